The van der Waals surface area contributed by atoms with Crippen LogP contribution in [0.25, 0.3) is 0 Å². The van der Waals surface area contributed by atoms with Gasteiger partial charge in [-0.15, -0.1) is 0 Å². The van der Waals surface area contributed by atoms with Crippen molar-refractivity contribution in [2.75, 3.05) is 18.1 Å². The van der Waals surface area contributed by atoms with Crippen molar-refractivity contribution in [3.8, 4) is 0 Å². The van der Waals surface area contributed by atoms with Crippen LogP contribution in [0.3, 0.4) is 0 Å². The lowest BCUT2D eigenvalue weighted by Gasteiger charge is -2.28. The first-order chi connectivity index (χ1) is 7.42. The maximum atomic E-state index is 3.71. The zero-order chi connectivity index (χ0) is 10.5. The van der Waals surface area contributed by atoms with Crippen LogP contribution >= 0.6 is 11.8 Å². The fourth-order valence-corrected chi connectivity index (χ4v) is 4.08. The quantitative estimate of drug-likeness (QED) is 0.737. The zero-order valence-electron chi connectivity index (χ0n) is 9.80. The minimum atomic E-state index is 0.699. The Morgan fingerprint density at radius 3 is 3.07 bits per heavy atom. The molecule has 0 spiro atoms. The minimum Gasteiger partial charge on any atom is -0.310 e. The van der Waals surface area contributed by atoms with E-state index in [1.54, 1.807) is 5.57 Å². The highest BCUT2D eigenvalue weighted by Gasteiger charge is 2.27. The average Bonchev–Trinajstić information content (AvgIpc) is 2.80. The molecule has 1 fully saturated rings. The van der Waals surface area contributed by atoms with Crippen LogP contribution in [0.1, 0.15) is 39.0 Å². The third kappa shape index (κ3) is 3.01. The van der Waals surface area contributed by atoms with Crippen molar-refractivity contribution in [2.45, 2.75) is 45.1 Å². The molecule has 1 aliphatic carbocycles. The Kier molecular flexibility index (Phi) is 4.58. The summed E-state index contributed by atoms with van der Waals surface area (Å²) in [6.45, 7) is 3.35. The van der Waals surface area contributed by atoms with E-state index in [0.717, 1.165) is 12.5 Å². The lowest BCUT2D eigenvalue weighted by atomic mass is 9.86. The largest absolute Gasteiger partial charge is 0.310 e. The smallest absolute Gasteiger partial charge is 0.0315 e. The van der Waals surface area contributed by atoms with E-state index in [2.05, 4.69) is 30.1 Å². The van der Waals surface area contributed by atoms with Gasteiger partial charge in [0.05, 0.1) is 0 Å². The number of rotatable bonds is 4. The molecule has 2 heteroatoms. The maximum absolute atomic E-state index is 3.71. The van der Waals surface area contributed by atoms with Crippen molar-refractivity contribution in [1.29, 1.82) is 0 Å². The van der Waals surface area contributed by atoms with Gasteiger partial charge < -0.3 is 5.32 Å². The van der Waals surface area contributed by atoms with E-state index in [0.29, 0.717) is 6.04 Å². The molecule has 2 aliphatic rings. The van der Waals surface area contributed by atoms with Crippen molar-refractivity contribution >= 4 is 11.8 Å². The molecule has 0 aromatic carbocycles. The van der Waals surface area contributed by atoms with Crippen LogP contribution in [0, 0.1) is 5.92 Å². The summed E-state index contributed by atoms with van der Waals surface area (Å²) in [5, 5.41) is 3.71. The standard InChI is InChI=1S/C13H23NS/c1-2-14-13(12-8-9-15-10-12)11-6-4-3-5-7-11/h6,12-14H,2-5,7-10H2,1H3. The predicted molar refractivity (Wildman–Crippen MR) is 69.4 cm³/mol. The summed E-state index contributed by atoms with van der Waals surface area (Å²) in [4.78, 5) is 0. The SMILES string of the molecule is CCNC(C1=CCCCC1)C1CCSC1. The third-order valence-corrected chi connectivity index (χ3v) is 4.77. The number of likely N-dealkylation sites (N-methyl/N-ethyl adjacent to an activating group) is 1. The van der Waals surface area contributed by atoms with Gasteiger partial charge in [-0.05, 0) is 56.1 Å². The summed E-state index contributed by atoms with van der Waals surface area (Å²) < 4.78 is 0. The van der Waals surface area contributed by atoms with Gasteiger partial charge in [0, 0.05) is 6.04 Å². The molecule has 1 nitrogen and oxygen atoms in total. The lowest BCUT2D eigenvalue weighted by molar-refractivity contribution is 0.416. The Morgan fingerprint density at radius 1 is 1.53 bits per heavy atom. The molecular weight excluding hydrogens is 202 g/mol. The van der Waals surface area contributed by atoms with E-state index in [4.69, 9.17) is 0 Å². The van der Waals surface area contributed by atoms with Gasteiger partial charge >= 0.3 is 0 Å². The first kappa shape index (κ1) is 11.5. The van der Waals surface area contributed by atoms with Crippen molar-refractivity contribution in [3.05, 3.63) is 11.6 Å². The summed E-state index contributed by atoms with van der Waals surface area (Å²) >= 11 is 2.13. The van der Waals surface area contributed by atoms with Gasteiger partial charge in [-0.1, -0.05) is 18.6 Å². The van der Waals surface area contributed by atoms with Crippen molar-refractivity contribution < 1.29 is 0 Å². The van der Waals surface area contributed by atoms with Gasteiger partial charge in [-0.2, -0.15) is 11.8 Å². The highest BCUT2D eigenvalue weighted by molar-refractivity contribution is 7.99. The predicted octanol–water partition coefficient (Wildman–Crippen LogP) is 3.22. The maximum Gasteiger partial charge on any atom is 0.0315 e. The van der Waals surface area contributed by atoms with Gasteiger partial charge in [0.2, 0.25) is 0 Å². The molecule has 1 N–H and O–H groups in total. The van der Waals surface area contributed by atoms with Crippen LogP contribution < -0.4 is 5.32 Å². The van der Waals surface area contributed by atoms with Gasteiger partial charge in [0.15, 0.2) is 0 Å². The second-order valence-corrected chi connectivity index (χ2v) is 5.83. The number of hydrogen-bond acceptors (Lipinski definition) is 2. The Labute approximate surface area is 98.1 Å². The van der Waals surface area contributed by atoms with Crippen LogP contribution in [0.4, 0.5) is 0 Å². The third-order valence-electron chi connectivity index (χ3n) is 3.59. The number of thioether (sulfide) groups is 1. The molecule has 1 aliphatic heterocycles. The normalized spacial score (nSPS) is 28.9. The highest BCUT2D eigenvalue weighted by Crippen LogP contribution is 2.32. The van der Waals surface area contributed by atoms with Crippen LogP contribution in [0.5, 0.6) is 0 Å². The van der Waals surface area contributed by atoms with E-state index in [1.807, 2.05) is 0 Å². The number of allylic oxidation sites excluding steroid dienone is 1. The van der Waals surface area contributed by atoms with Crippen LogP contribution in [0.15, 0.2) is 11.6 Å². The summed E-state index contributed by atoms with van der Waals surface area (Å²) in [6, 6.07) is 0.699. The molecule has 1 saturated heterocycles. The van der Waals surface area contributed by atoms with E-state index in [-0.39, 0.29) is 0 Å². The lowest BCUT2D eigenvalue weighted by Crippen LogP contribution is -2.38. The van der Waals surface area contributed by atoms with Crippen molar-refractivity contribution in [1.82, 2.24) is 5.32 Å². The molecule has 2 atom stereocenters. The van der Waals surface area contributed by atoms with Gasteiger partial charge in [0.25, 0.3) is 0 Å². The molecule has 0 saturated carbocycles. The zero-order valence-corrected chi connectivity index (χ0v) is 10.6. The summed E-state index contributed by atoms with van der Waals surface area (Å²) in [6.07, 6.45) is 9.41. The van der Waals surface area contributed by atoms with Crippen LogP contribution in [-0.2, 0) is 0 Å². The molecule has 15 heavy (non-hydrogen) atoms. The van der Waals surface area contributed by atoms with E-state index in [9.17, 15) is 0 Å². The monoisotopic (exact) mass is 225 g/mol. The van der Waals surface area contributed by atoms with Crippen LogP contribution in [0.2, 0.25) is 0 Å². The van der Waals surface area contributed by atoms with Gasteiger partial charge in [0.1, 0.15) is 0 Å². The van der Waals surface area contributed by atoms with E-state index >= 15 is 0 Å². The minimum absolute atomic E-state index is 0.699. The summed E-state index contributed by atoms with van der Waals surface area (Å²) in [5.74, 6) is 3.65. The van der Waals surface area contributed by atoms with Gasteiger partial charge in [-0.3, -0.25) is 0 Å². The van der Waals surface area contributed by atoms with Crippen LogP contribution in [-0.4, -0.2) is 24.1 Å². The molecule has 0 aromatic rings. The molecule has 0 amide bonds. The molecular formula is C13H23NS. The Balaban J connectivity index is 2.00. The van der Waals surface area contributed by atoms with Gasteiger partial charge in [-0.25, -0.2) is 0 Å². The molecule has 1 heterocycles. The van der Waals surface area contributed by atoms with Crippen molar-refractivity contribution in [3.63, 3.8) is 0 Å². The topological polar surface area (TPSA) is 12.0 Å². The molecule has 0 aromatic heterocycles. The molecule has 86 valence electrons. The second-order valence-electron chi connectivity index (χ2n) is 4.68. The Morgan fingerprint density at radius 2 is 2.47 bits per heavy atom. The fraction of sp³-hybridized carbons (Fsp3) is 0.846. The molecule has 0 radical (unpaired) electrons. The fourth-order valence-electron chi connectivity index (χ4n) is 2.78. The number of nitrogens with one attached hydrogen (secondary N) is 1. The Bertz CT molecular complexity index is 219. The molecule has 2 unspecified atom stereocenters. The average molecular weight is 225 g/mol. The van der Waals surface area contributed by atoms with Crippen molar-refractivity contribution in [2.24, 2.45) is 5.92 Å². The molecule has 2 rings (SSSR count). The Hall–Kier alpha value is 0.0500. The van der Waals surface area contributed by atoms with E-state index in [1.165, 1.54) is 43.6 Å². The highest BCUT2D eigenvalue weighted by atomic mass is 32.2. The second kappa shape index (κ2) is 5.95. The molecule has 0 bridgehead atoms. The van der Waals surface area contributed by atoms with E-state index < -0.39 is 0 Å². The summed E-state index contributed by atoms with van der Waals surface area (Å²) in [7, 11) is 0. The first-order valence-electron chi connectivity index (χ1n) is 6.42. The summed E-state index contributed by atoms with van der Waals surface area (Å²) in [5.41, 5.74) is 1.72. The first-order valence-corrected chi connectivity index (χ1v) is 7.57. The number of hydrogen-bond donors (Lipinski definition) is 1.